The highest BCUT2D eigenvalue weighted by molar-refractivity contribution is 4.65. The van der Waals surface area contributed by atoms with Crippen molar-refractivity contribution in [2.24, 2.45) is 0 Å². The molecule has 0 aromatic carbocycles. The average Bonchev–Trinajstić information content (AvgIpc) is 1.88. The number of hydrogen-bond acceptors (Lipinski definition) is 2. The van der Waals surface area contributed by atoms with Gasteiger partial charge in [0.25, 0.3) is 0 Å². The van der Waals surface area contributed by atoms with Gasteiger partial charge < -0.3 is 10.1 Å². The lowest BCUT2D eigenvalue weighted by Gasteiger charge is -1.83. The van der Waals surface area contributed by atoms with Gasteiger partial charge in [-0.25, -0.2) is 0 Å². The lowest BCUT2D eigenvalue weighted by molar-refractivity contribution is 0.336. The highest BCUT2D eigenvalue weighted by atomic mass is 16.5. The van der Waals surface area contributed by atoms with Crippen LogP contribution < -0.4 is 5.32 Å². The maximum atomic E-state index is 4.54. The largest absolute Gasteiger partial charge is 0.503 e. The molecule has 0 atom stereocenters. The second-order valence-corrected chi connectivity index (χ2v) is 0.827. The number of ether oxygens (including phenoxy) is 1. The van der Waals surface area contributed by atoms with Crippen molar-refractivity contribution >= 4 is 0 Å². The fraction of sp³-hybridized carbons (Fsp3) is 0.667. The summed E-state index contributed by atoms with van der Waals surface area (Å²) in [6.07, 6.45) is 3.28. The molecule has 0 aromatic heterocycles. The number of hydrogen-bond donors (Lipinski definition) is 1. The van der Waals surface area contributed by atoms with E-state index in [-0.39, 0.29) is 0 Å². The van der Waals surface area contributed by atoms with Gasteiger partial charge in [-0.15, -0.1) is 0 Å². The van der Waals surface area contributed by atoms with Gasteiger partial charge in [0.15, 0.2) is 0 Å². The standard InChI is InChI=1S/C4H9NO.C2H6/c1-5-3-4-6-2;1-2/h3-5H,1-2H3;1-2H3/b4-3-;. The van der Waals surface area contributed by atoms with Crippen molar-refractivity contribution in [3.63, 3.8) is 0 Å². The molecule has 0 bridgehead atoms. The van der Waals surface area contributed by atoms with Gasteiger partial charge in [0.1, 0.15) is 0 Å². The van der Waals surface area contributed by atoms with Gasteiger partial charge in [0.2, 0.25) is 0 Å². The summed E-state index contributed by atoms with van der Waals surface area (Å²) in [7, 11) is 3.42. The Hall–Kier alpha value is -0.660. The molecule has 0 aliphatic rings. The van der Waals surface area contributed by atoms with Crippen molar-refractivity contribution in [2.45, 2.75) is 13.8 Å². The van der Waals surface area contributed by atoms with E-state index < -0.39 is 0 Å². The first-order valence-electron chi connectivity index (χ1n) is 2.77. The van der Waals surface area contributed by atoms with Gasteiger partial charge in [0.05, 0.1) is 13.4 Å². The minimum atomic E-state index is 1.57. The predicted octanol–water partition coefficient (Wildman–Crippen LogP) is 1.35. The molecular weight excluding hydrogens is 102 g/mol. The van der Waals surface area contributed by atoms with Crippen LogP contribution in [0.5, 0.6) is 0 Å². The molecule has 0 heterocycles. The van der Waals surface area contributed by atoms with Crippen LogP contribution in [-0.2, 0) is 4.74 Å². The Balaban J connectivity index is 0. The number of rotatable bonds is 2. The molecule has 2 heteroatoms. The summed E-state index contributed by atoms with van der Waals surface area (Å²) in [5, 5.41) is 2.76. The molecule has 0 aliphatic heterocycles. The maximum absolute atomic E-state index is 4.54. The Bertz CT molecular complexity index is 37.8. The summed E-state index contributed by atoms with van der Waals surface area (Å²) in [5.74, 6) is 0. The first kappa shape index (κ1) is 10.3. The van der Waals surface area contributed by atoms with Crippen LogP contribution in [0.25, 0.3) is 0 Å². The van der Waals surface area contributed by atoms with E-state index in [1.54, 1.807) is 19.6 Å². The fourth-order valence-electron chi connectivity index (χ4n) is 0.136. The number of methoxy groups -OCH3 is 1. The highest BCUT2D eigenvalue weighted by Crippen LogP contribution is 1.61. The van der Waals surface area contributed by atoms with Crippen molar-refractivity contribution in [1.82, 2.24) is 5.32 Å². The third kappa shape index (κ3) is 18.4. The first-order chi connectivity index (χ1) is 3.91. The molecule has 50 valence electrons. The van der Waals surface area contributed by atoms with Crippen molar-refractivity contribution in [3.05, 3.63) is 12.5 Å². The lowest BCUT2D eigenvalue weighted by atomic mass is 10.9. The highest BCUT2D eigenvalue weighted by Gasteiger charge is 1.54. The predicted molar refractivity (Wildman–Crippen MR) is 36.6 cm³/mol. The normalized spacial score (nSPS) is 7.50. The van der Waals surface area contributed by atoms with E-state index in [1.807, 2.05) is 20.9 Å². The van der Waals surface area contributed by atoms with E-state index in [9.17, 15) is 0 Å². The van der Waals surface area contributed by atoms with E-state index in [1.165, 1.54) is 0 Å². The van der Waals surface area contributed by atoms with Gasteiger partial charge in [-0.3, -0.25) is 0 Å². The summed E-state index contributed by atoms with van der Waals surface area (Å²) in [6.45, 7) is 4.00. The van der Waals surface area contributed by atoms with Crippen LogP contribution in [0, 0.1) is 0 Å². The summed E-state index contributed by atoms with van der Waals surface area (Å²) in [6, 6.07) is 0. The minimum Gasteiger partial charge on any atom is -0.503 e. The Morgan fingerprint density at radius 2 is 1.88 bits per heavy atom. The summed E-state index contributed by atoms with van der Waals surface area (Å²) >= 11 is 0. The SMILES string of the molecule is CC.CN/C=C\OC. The van der Waals surface area contributed by atoms with Crippen LogP contribution in [0.4, 0.5) is 0 Å². The molecule has 0 aromatic rings. The molecule has 0 aliphatic carbocycles. The smallest absolute Gasteiger partial charge is 0.0981 e. The van der Waals surface area contributed by atoms with E-state index >= 15 is 0 Å². The summed E-state index contributed by atoms with van der Waals surface area (Å²) < 4.78 is 4.54. The Morgan fingerprint density at radius 3 is 2.00 bits per heavy atom. The minimum absolute atomic E-state index is 1.57. The van der Waals surface area contributed by atoms with Gasteiger partial charge in [0, 0.05) is 13.2 Å². The fourth-order valence-corrected chi connectivity index (χ4v) is 0.136. The van der Waals surface area contributed by atoms with Crippen LogP contribution in [0.1, 0.15) is 13.8 Å². The molecular formula is C6H15NO. The molecule has 8 heavy (non-hydrogen) atoms. The van der Waals surface area contributed by atoms with E-state index in [4.69, 9.17) is 0 Å². The molecule has 0 saturated heterocycles. The summed E-state index contributed by atoms with van der Waals surface area (Å²) in [4.78, 5) is 0. The van der Waals surface area contributed by atoms with Crippen molar-refractivity contribution < 1.29 is 4.74 Å². The molecule has 0 amide bonds. The number of nitrogens with one attached hydrogen (secondary N) is 1. The zero-order chi connectivity index (χ0) is 6.83. The van der Waals surface area contributed by atoms with Crippen LogP contribution in [0.3, 0.4) is 0 Å². The topological polar surface area (TPSA) is 21.3 Å². The zero-order valence-corrected chi connectivity index (χ0v) is 6.06. The summed E-state index contributed by atoms with van der Waals surface area (Å²) in [5.41, 5.74) is 0. The quantitative estimate of drug-likeness (QED) is 0.551. The van der Waals surface area contributed by atoms with E-state index in [0.717, 1.165) is 0 Å². The van der Waals surface area contributed by atoms with Crippen molar-refractivity contribution in [3.8, 4) is 0 Å². The van der Waals surface area contributed by atoms with Crippen molar-refractivity contribution in [2.75, 3.05) is 14.2 Å². The van der Waals surface area contributed by atoms with E-state index in [0.29, 0.717) is 0 Å². The molecule has 0 unspecified atom stereocenters. The molecule has 0 saturated carbocycles. The Kier molecular flexibility index (Phi) is 21.0. The molecule has 0 rings (SSSR count). The molecule has 0 radical (unpaired) electrons. The lowest BCUT2D eigenvalue weighted by Crippen LogP contribution is -1.90. The third-order valence-corrected chi connectivity index (χ3v) is 0.371. The second kappa shape index (κ2) is 16.2. The monoisotopic (exact) mass is 117 g/mol. The molecule has 0 fully saturated rings. The van der Waals surface area contributed by atoms with Crippen LogP contribution in [-0.4, -0.2) is 14.2 Å². The van der Waals surface area contributed by atoms with Crippen LogP contribution in [0.2, 0.25) is 0 Å². The van der Waals surface area contributed by atoms with Crippen LogP contribution in [0.15, 0.2) is 12.5 Å². The van der Waals surface area contributed by atoms with Crippen molar-refractivity contribution in [1.29, 1.82) is 0 Å². The van der Waals surface area contributed by atoms with E-state index in [2.05, 4.69) is 10.1 Å². The Labute approximate surface area is 51.5 Å². The van der Waals surface area contributed by atoms with Gasteiger partial charge in [-0.05, 0) is 0 Å². The molecule has 1 N–H and O–H groups in total. The van der Waals surface area contributed by atoms with Gasteiger partial charge >= 0.3 is 0 Å². The Morgan fingerprint density at radius 1 is 1.38 bits per heavy atom. The van der Waals surface area contributed by atoms with Crippen LogP contribution >= 0.6 is 0 Å². The average molecular weight is 117 g/mol. The molecule has 0 spiro atoms. The first-order valence-corrected chi connectivity index (χ1v) is 2.77. The second-order valence-electron chi connectivity index (χ2n) is 0.827. The third-order valence-electron chi connectivity index (χ3n) is 0.371. The van der Waals surface area contributed by atoms with Gasteiger partial charge in [-0.2, -0.15) is 0 Å². The zero-order valence-electron chi connectivity index (χ0n) is 6.06. The van der Waals surface area contributed by atoms with Gasteiger partial charge in [-0.1, -0.05) is 13.8 Å². The maximum Gasteiger partial charge on any atom is 0.0981 e. The molecule has 2 nitrogen and oxygen atoms in total.